The highest BCUT2D eigenvalue weighted by atomic mass is 16.6. The summed E-state index contributed by atoms with van der Waals surface area (Å²) in [5, 5.41) is 29.1. The third-order valence-corrected chi connectivity index (χ3v) is 2.18. The summed E-state index contributed by atoms with van der Waals surface area (Å²) in [6.45, 7) is 0. The molecular weight excluding hydrogens is 234 g/mol. The van der Waals surface area contributed by atoms with Crippen LogP contribution in [0.2, 0.25) is 0 Å². The molecule has 0 heterocycles. The first kappa shape index (κ1) is 11.7. The van der Waals surface area contributed by atoms with Gasteiger partial charge in [-0.15, -0.1) is 5.75 Å². The first-order valence-electron chi connectivity index (χ1n) is 5.08. The standard InChI is InChI=1S/C12H9N3O3/c16-12-7-3-10(4-8-12)14-13-9-1-5-11(6-2-9)15(17)18/h1-8,16H/p-1. The number of hydrogen-bond acceptors (Lipinski definition) is 5. The molecule has 0 aromatic heterocycles. The zero-order valence-electron chi connectivity index (χ0n) is 9.19. The molecule has 0 saturated heterocycles. The molecule has 0 unspecified atom stereocenters. The summed E-state index contributed by atoms with van der Waals surface area (Å²) in [7, 11) is 0. The van der Waals surface area contributed by atoms with E-state index in [1.807, 2.05) is 0 Å². The van der Waals surface area contributed by atoms with Crippen LogP contribution in [0.4, 0.5) is 17.1 Å². The van der Waals surface area contributed by atoms with Crippen LogP contribution in [0.15, 0.2) is 58.8 Å². The molecule has 6 heteroatoms. The van der Waals surface area contributed by atoms with Gasteiger partial charge in [0.05, 0.1) is 16.3 Å². The molecule has 0 aliphatic rings. The minimum atomic E-state index is -0.478. The fraction of sp³-hybridized carbons (Fsp3) is 0. The van der Waals surface area contributed by atoms with Gasteiger partial charge in [-0.3, -0.25) is 10.1 Å². The van der Waals surface area contributed by atoms with E-state index in [0.717, 1.165) is 0 Å². The second-order valence-corrected chi connectivity index (χ2v) is 3.47. The minimum absolute atomic E-state index is 0.00431. The molecule has 0 radical (unpaired) electrons. The SMILES string of the molecule is O=[N+]([O-])c1ccc(N=Nc2ccc([O-])cc2)cc1. The van der Waals surface area contributed by atoms with E-state index in [2.05, 4.69) is 10.2 Å². The fourth-order valence-electron chi connectivity index (χ4n) is 1.27. The Labute approximate surface area is 102 Å². The van der Waals surface area contributed by atoms with Crippen molar-refractivity contribution in [3.8, 4) is 5.75 Å². The zero-order valence-corrected chi connectivity index (χ0v) is 9.19. The largest absolute Gasteiger partial charge is 0.872 e. The Kier molecular flexibility index (Phi) is 3.29. The van der Waals surface area contributed by atoms with E-state index in [1.165, 1.54) is 36.4 Å². The van der Waals surface area contributed by atoms with Crippen LogP contribution >= 0.6 is 0 Å². The van der Waals surface area contributed by atoms with Crippen LogP contribution in [-0.4, -0.2) is 4.92 Å². The molecule has 0 N–H and O–H groups in total. The molecular formula is C12H8N3O3-. The predicted octanol–water partition coefficient (Wildman–Crippen LogP) is 3.08. The summed E-state index contributed by atoms with van der Waals surface area (Å²) < 4.78 is 0. The Morgan fingerprint density at radius 2 is 1.28 bits per heavy atom. The summed E-state index contributed by atoms with van der Waals surface area (Å²) in [5.74, 6) is -0.0933. The maximum absolute atomic E-state index is 10.9. The molecule has 0 aliphatic carbocycles. The van der Waals surface area contributed by atoms with Crippen LogP contribution in [-0.2, 0) is 0 Å². The molecule has 2 aromatic carbocycles. The van der Waals surface area contributed by atoms with Gasteiger partial charge < -0.3 is 5.11 Å². The van der Waals surface area contributed by atoms with E-state index in [0.29, 0.717) is 11.4 Å². The lowest BCUT2D eigenvalue weighted by atomic mass is 10.3. The summed E-state index contributed by atoms with van der Waals surface area (Å²) in [6.07, 6.45) is 0. The zero-order chi connectivity index (χ0) is 13.0. The normalized spacial score (nSPS) is 10.7. The van der Waals surface area contributed by atoms with Gasteiger partial charge in [-0.1, -0.05) is 12.1 Å². The van der Waals surface area contributed by atoms with Crippen molar-refractivity contribution in [1.82, 2.24) is 0 Å². The number of benzene rings is 2. The monoisotopic (exact) mass is 242 g/mol. The maximum atomic E-state index is 10.9. The Morgan fingerprint density at radius 3 is 1.72 bits per heavy atom. The lowest BCUT2D eigenvalue weighted by molar-refractivity contribution is -0.384. The van der Waals surface area contributed by atoms with Gasteiger partial charge in [0.2, 0.25) is 0 Å². The van der Waals surface area contributed by atoms with Crippen LogP contribution < -0.4 is 5.11 Å². The van der Waals surface area contributed by atoms with Crippen molar-refractivity contribution in [2.75, 3.05) is 0 Å². The van der Waals surface area contributed by atoms with Crippen molar-refractivity contribution in [2.24, 2.45) is 10.2 Å². The highest BCUT2D eigenvalue weighted by molar-refractivity contribution is 5.45. The molecule has 6 nitrogen and oxygen atoms in total. The van der Waals surface area contributed by atoms with Crippen LogP contribution in [0.1, 0.15) is 0 Å². The van der Waals surface area contributed by atoms with Crippen molar-refractivity contribution in [3.63, 3.8) is 0 Å². The molecule has 2 rings (SSSR count). The number of rotatable bonds is 3. The Hall–Kier alpha value is -2.76. The van der Waals surface area contributed by atoms with Gasteiger partial charge in [-0.25, -0.2) is 0 Å². The van der Waals surface area contributed by atoms with E-state index < -0.39 is 4.92 Å². The molecule has 0 aliphatic heterocycles. The van der Waals surface area contributed by atoms with E-state index in [4.69, 9.17) is 0 Å². The minimum Gasteiger partial charge on any atom is -0.872 e. The smallest absolute Gasteiger partial charge is 0.269 e. The number of nitrogens with zero attached hydrogens (tertiary/aromatic N) is 3. The number of azo groups is 1. The summed E-state index contributed by atoms with van der Waals surface area (Å²) in [6, 6.07) is 11.6. The second-order valence-electron chi connectivity index (χ2n) is 3.47. The topological polar surface area (TPSA) is 90.9 Å². The molecule has 90 valence electrons. The van der Waals surface area contributed by atoms with E-state index in [-0.39, 0.29) is 11.4 Å². The van der Waals surface area contributed by atoms with Gasteiger partial charge in [0.25, 0.3) is 5.69 Å². The van der Waals surface area contributed by atoms with Crippen molar-refractivity contribution < 1.29 is 10.0 Å². The second kappa shape index (κ2) is 5.05. The average molecular weight is 242 g/mol. The predicted molar refractivity (Wildman–Crippen MR) is 63.2 cm³/mol. The summed E-state index contributed by atoms with van der Waals surface area (Å²) in [4.78, 5) is 9.97. The first-order valence-corrected chi connectivity index (χ1v) is 5.08. The third-order valence-electron chi connectivity index (χ3n) is 2.18. The van der Waals surface area contributed by atoms with Crippen molar-refractivity contribution >= 4 is 17.1 Å². The van der Waals surface area contributed by atoms with Crippen LogP contribution in [0, 0.1) is 10.1 Å². The molecule has 0 amide bonds. The van der Waals surface area contributed by atoms with Crippen molar-refractivity contribution in [2.45, 2.75) is 0 Å². The quantitative estimate of drug-likeness (QED) is 0.470. The number of non-ortho nitro benzene ring substituents is 1. The van der Waals surface area contributed by atoms with Gasteiger partial charge in [0, 0.05) is 12.1 Å². The molecule has 0 fully saturated rings. The Balaban J connectivity index is 2.13. The summed E-state index contributed by atoms with van der Waals surface area (Å²) in [5.41, 5.74) is 1.06. The molecule has 0 spiro atoms. The Morgan fingerprint density at radius 1 is 0.833 bits per heavy atom. The highest BCUT2D eigenvalue weighted by Gasteiger charge is 2.02. The lowest BCUT2D eigenvalue weighted by Gasteiger charge is -2.02. The maximum Gasteiger partial charge on any atom is 0.269 e. The van der Waals surface area contributed by atoms with Crippen molar-refractivity contribution in [1.29, 1.82) is 0 Å². The van der Waals surface area contributed by atoms with E-state index in [9.17, 15) is 15.2 Å². The van der Waals surface area contributed by atoms with Crippen LogP contribution in [0.25, 0.3) is 0 Å². The van der Waals surface area contributed by atoms with Crippen molar-refractivity contribution in [3.05, 3.63) is 58.6 Å². The molecule has 0 saturated carbocycles. The lowest BCUT2D eigenvalue weighted by Crippen LogP contribution is -1.86. The average Bonchev–Trinajstić information content (AvgIpc) is 2.38. The van der Waals surface area contributed by atoms with Gasteiger partial charge >= 0.3 is 0 Å². The first-order chi connectivity index (χ1) is 8.65. The molecule has 0 bridgehead atoms. The fourth-order valence-corrected chi connectivity index (χ4v) is 1.27. The number of nitro benzene ring substituents is 1. The van der Waals surface area contributed by atoms with Gasteiger partial charge in [0.1, 0.15) is 0 Å². The van der Waals surface area contributed by atoms with Crippen LogP contribution in [0.5, 0.6) is 5.75 Å². The molecule has 2 aromatic rings. The Bertz CT molecular complexity index is 577. The van der Waals surface area contributed by atoms with Gasteiger partial charge in [-0.05, 0) is 24.3 Å². The molecule has 18 heavy (non-hydrogen) atoms. The van der Waals surface area contributed by atoms with Gasteiger partial charge in [0.15, 0.2) is 0 Å². The highest BCUT2D eigenvalue weighted by Crippen LogP contribution is 2.21. The van der Waals surface area contributed by atoms with E-state index >= 15 is 0 Å². The molecule has 0 atom stereocenters. The third kappa shape index (κ3) is 2.88. The van der Waals surface area contributed by atoms with Gasteiger partial charge in [-0.2, -0.15) is 10.2 Å². The summed E-state index contributed by atoms with van der Waals surface area (Å²) >= 11 is 0. The number of hydrogen-bond donors (Lipinski definition) is 0. The number of nitro groups is 1. The van der Waals surface area contributed by atoms with Crippen LogP contribution in [0.3, 0.4) is 0 Å². The van der Waals surface area contributed by atoms with E-state index in [1.54, 1.807) is 12.1 Å².